The Labute approximate surface area is 115 Å². The second-order valence-electron chi connectivity index (χ2n) is 7.23. The van der Waals surface area contributed by atoms with E-state index in [9.17, 15) is 9.59 Å². The van der Waals surface area contributed by atoms with Crippen molar-refractivity contribution in [2.75, 3.05) is 0 Å². The summed E-state index contributed by atoms with van der Waals surface area (Å²) >= 11 is 0. The van der Waals surface area contributed by atoms with Crippen LogP contribution in [0.25, 0.3) is 0 Å². The average molecular weight is 270 g/mol. The van der Waals surface area contributed by atoms with Crippen molar-refractivity contribution in [2.45, 2.75) is 72.1 Å². The Kier molecular flexibility index (Phi) is 4.48. The molecule has 19 heavy (non-hydrogen) atoms. The molecule has 0 spiro atoms. The maximum absolute atomic E-state index is 12.2. The fraction of sp³-hybridized carbons (Fsp3) is 0.857. The molecule has 0 bridgehead atoms. The van der Waals surface area contributed by atoms with E-state index in [4.69, 9.17) is 4.74 Å². The number of carbonyl (C=O) groups excluding carboxylic acids is 2. The lowest BCUT2D eigenvalue weighted by molar-refractivity contribution is -0.125. The van der Waals surface area contributed by atoms with Gasteiger partial charge in [0.05, 0.1) is 0 Å². The summed E-state index contributed by atoms with van der Waals surface area (Å²) in [6.07, 6.45) is 1.49. The maximum atomic E-state index is 12.2. The van der Waals surface area contributed by atoms with E-state index >= 15 is 0 Å². The highest BCUT2D eigenvalue weighted by molar-refractivity contribution is 5.86. The van der Waals surface area contributed by atoms with Gasteiger partial charge in [-0.15, -0.1) is 0 Å². The first kappa shape index (κ1) is 15.8. The summed E-state index contributed by atoms with van der Waals surface area (Å²) in [5, 5.41) is 5.59. The molecular formula is C14H26N2O3. The molecule has 1 fully saturated rings. The summed E-state index contributed by atoms with van der Waals surface area (Å²) < 4.78 is 5.20. The third-order valence-corrected chi connectivity index (χ3v) is 2.71. The van der Waals surface area contributed by atoms with Crippen LogP contribution >= 0.6 is 0 Å². The van der Waals surface area contributed by atoms with Gasteiger partial charge in [0.1, 0.15) is 11.6 Å². The van der Waals surface area contributed by atoms with Crippen LogP contribution in [-0.2, 0) is 9.53 Å². The van der Waals surface area contributed by atoms with Crippen molar-refractivity contribution >= 4 is 12.0 Å². The van der Waals surface area contributed by atoms with Crippen LogP contribution in [0.4, 0.5) is 4.79 Å². The number of amides is 2. The molecule has 1 aliphatic carbocycles. The van der Waals surface area contributed by atoms with Crippen LogP contribution in [0.15, 0.2) is 0 Å². The molecule has 1 saturated carbocycles. The lowest BCUT2D eigenvalue weighted by atomic mass is 9.86. The Morgan fingerprint density at radius 2 is 1.63 bits per heavy atom. The highest BCUT2D eigenvalue weighted by Crippen LogP contribution is 2.23. The van der Waals surface area contributed by atoms with Gasteiger partial charge in [-0.3, -0.25) is 4.79 Å². The summed E-state index contributed by atoms with van der Waals surface area (Å²) in [5.41, 5.74) is -0.935. The molecule has 2 N–H and O–H groups in total. The molecule has 5 nitrogen and oxygen atoms in total. The molecule has 1 atom stereocenters. The highest BCUT2D eigenvalue weighted by Gasteiger charge is 2.36. The third-order valence-electron chi connectivity index (χ3n) is 2.71. The zero-order valence-electron chi connectivity index (χ0n) is 12.8. The summed E-state index contributed by atoms with van der Waals surface area (Å²) in [4.78, 5) is 24.0. The van der Waals surface area contributed by atoms with Crippen LogP contribution in [0.5, 0.6) is 0 Å². The standard InChI is InChI=1S/C14H26N2O3/c1-13(2,3)10(11(17)15-9-7-8-9)16-12(18)19-14(4,5)6/h9-10H,7-8H2,1-6H3,(H,15,17)(H,16,18)/t10-/m0/s1. The van der Waals surface area contributed by atoms with Crippen LogP contribution < -0.4 is 10.6 Å². The minimum absolute atomic E-state index is 0.138. The molecule has 0 aromatic heterocycles. The predicted molar refractivity (Wildman–Crippen MR) is 73.8 cm³/mol. The number of ether oxygens (including phenoxy) is 1. The van der Waals surface area contributed by atoms with E-state index in [-0.39, 0.29) is 17.4 Å². The number of rotatable bonds is 3. The van der Waals surface area contributed by atoms with E-state index in [2.05, 4.69) is 10.6 Å². The van der Waals surface area contributed by atoms with Gasteiger partial charge in [-0.1, -0.05) is 20.8 Å². The van der Waals surface area contributed by atoms with Crippen LogP contribution in [0.1, 0.15) is 54.4 Å². The Hall–Kier alpha value is -1.26. The molecular weight excluding hydrogens is 244 g/mol. The zero-order valence-corrected chi connectivity index (χ0v) is 12.8. The summed E-state index contributed by atoms with van der Waals surface area (Å²) in [6.45, 7) is 11.1. The minimum Gasteiger partial charge on any atom is -0.444 e. The van der Waals surface area contributed by atoms with Crippen molar-refractivity contribution in [1.82, 2.24) is 10.6 Å². The van der Waals surface area contributed by atoms with Gasteiger partial charge in [0.25, 0.3) is 0 Å². The van der Waals surface area contributed by atoms with Crippen molar-refractivity contribution < 1.29 is 14.3 Å². The summed E-state index contributed by atoms with van der Waals surface area (Å²) in [5.74, 6) is -0.138. The Bertz CT molecular complexity index is 349. The molecule has 0 unspecified atom stereocenters. The normalized spacial score (nSPS) is 17.6. The first-order valence-electron chi connectivity index (χ1n) is 6.79. The molecule has 0 aliphatic heterocycles. The van der Waals surface area contributed by atoms with E-state index in [1.54, 1.807) is 20.8 Å². The first-order valence-corrected chi connectivity index (χ1v) is 6.79. The Balaban J connectivity index is 2.64. The molecule has 1 aliphatic rings. The molecule has 5 heteroatoms. The lowest BCUT2D eigenvalue weighted by Crippen LogP contribution is -2.54. The summed E-state index contributed by atoms with van der Waals surface area (Å²) in [7, 11) is 0. The number of alkyl carbamates (subject to hydrolysis) is 1. The fourth-order valence-electron chi connectivity index (χ4n) is 1.61. The van der Waals surface area contributed by atoms with Gasteiger partial charge in [0.15, 0.2) is 0 Å². The smallest absolute Gasteiger partial charge is 0.408 e. The number of carbonyl (C=O) groups is 2. The van der Waals surface area contributed by atoms with Gasteiger partial charge in [-0.25, -0.2) is 4.79 Å². The monoisotopic (exact) mass is 270 g/mol. The Morgan fingerprint density at radius 1 is 1.11 bits per heavy atom. The lowest BCUT2D eigenvalue weighted by Gasteiger charge is -2.31. The predicted octanol–water partition coefficient (Wildman–Crippen LogP) is 2.20. The van der Waals surface area contributed by atoms with E-state index in [0.717, 1.165) is 12.8 Å². The van der Waals surface area contributed by atoms with Crippen molar-refractivity contribution in [2.24, 2.45) is 5.41 Å². The van der Waals surface area contributed by atoms with Gasteiger partial charge in [-0.2, -0.15) is 0 Å². The number of hydrogen-bond donors (Lipinski definition) is 2. The minimum atomic E-state index is -0.594. The molecule has 0 heterocycles. The first-order chi connectivity index (χ1) is 8.49. The van der Waals surface area contributed by atoms with Gasteiger partial charge < -0.3 is 15.4 Å². The van der Waals surface area contributed by atoms with Crippen LogP contribution in [0.2, 0.25) is 0 Å². The van der Waals surface area contributed by atoms with Crippen molar-refractivity contribution in [1.29, 1.82) is 0 Å². The second kappa shape index (κ2) is 5.39. The Morgan fingerprint density at radius 3 is 2.00 bits per heavy atom. The van der Waals surface area contributed by atoms with Gasteiger partial charge in [0, 0.05) is 6.04 Å². The van der Waals surface area contributed by atoms with Gasteiger partial charge >= 0.3 is 6.09 Å². The zero-order chi connectivity index (χ0) is 14.8. The molecule has 110 valence electrons. The number of nitrogens with one attached hydrogen (secondary N) is 2. The SMILES string of the molecule is CC(C)(C)OC(=O)N[C@@H](C(=O)NC1CC1)C(C)(C)C. The van der Waals surface area contributed by atoms with Crippen molar-refractivity contribution in [3.8, 4) is 0 Å². The van der Waals surface area contributed by atoms with Crippen LogP contribution in [0.3, 0.4) is 0 Å². The fourth-order valence-corrected chi connectivity index (χ4v) is 1.61. The highest BCUT2D eigenvalue weighted by atomic mass is 16.6. The van der Waals surface area contributed by atoms with E-state index in [1.807, 2.05) is 20.8 Å². The molecule has 0 aromatic rings. The van der Waals surface area contributed by atoms with Crippen LogP contribution in [-0.4, -0.2) is 29.7 Å². The molecule has 0 aromatic carbocycles. The molecule has 2 amide bonds. The van der Waals surface area contributed by atoms with Gasteiger partial charge in [0.2, 0.25) is 5.91 Å². The third kappa shape index (κ3) is 5.94. The van der Waals surface area contributed by atoms with E-state index in [0.29, 0.717) is 0 Å². The van der Waals surface area contributed by atoms with E-state index in [1.165, 1.54) is 0 Å². The van der Waals surface area contributed by atoms with Crippen molar-refractivity contribution in [3.63, 3.8) is 0 Å². The van der Waals surface area contributed by atoms with Crippen molar-refractivity contribution in [3.05, 3.63) is 0 Å². The number of hydrogen-bond acceptors (Lipinski definition) is 3. The quantitative estimate of drug-likeness (QED) is 0.826. The molecule has 0 saturated heterocycles. The molecule has 0 radical (unpaired) electrons. The van der Waals surface area contributed by atoms with Crippen LogP contribution in [0, 0.1) is 5.41 Å². The van der Waals surface area contributed by atoms with E-state index < -0.39 is 17.7 Å². The van der Waals surface area contributed by atoms with Gasteiger partial charge in [-0.05, 0) is 39.0 Å². The maximum Gasteiger partial charge on any atom is 0.408 e. The average Bonchev–Trinajstić information content (AvgIpc) is 2.93. The summed E-state index contributed by atoms with van der Waals surface area (Å²) in [6, 6.07) is -0.319. The molecule has 1 rings (SSSR count). The topological polar surface area (TPSA) is 67.4 Å². The second-order valence-corrected chi connectivity index (χ2v) is 7.23. The largest absolute Gasteiger partial charge is 0.444 e.